The minimum absolute atomic E-state index is 1.17. The van der Waals surface area contributed by atoms with Crippen LogP contribution in [0.3, 0.4) is 0 Å². The van der Waals surface area contributed by atoms with Crippen molar-refractivity contribution in [1.29, 1.82) is 0 Å². The van der Waals surface area contributed by atoms with Crippen molar-refractivity contribution in [3.8, 4) is 39.1 Å². The van der Waals surface area contributed by atoms with Crippen LogP contribution in [0.1, 0.15) is 0 Å². The van der Waals surface area contributed by atoms with Gasteiger partial charge < -0.3 is 4.57 Å². The van der Waals surface area contributed by atoms with Crippen LogP contribution in [0, 0.1) is 0 Å². The molecule has 2 heterocycles. The molecule has 0 bridgehead atoms. The lowest BCUT2D eigenvalue weighted by atomic mass is 9.91. The molecule has 0 radical (unpaired) electrons. The van der Waals surface area contributed by atoms with Crippen LogP contribution >= 0.6 is 11.8 Å². The molecule has 2 heteroatoms. The summed E-state index contributed by atoms with van der Waals surface area (Å²) in [7, 11) is 0. The Hall–Kier alpha value is -5.57. The number of fused-ring (bicyclic) bond motifs is 7. The Kier molecular flexibility index (Phi) is 5.58. The zero-order valence-corrected chi connectivity index (χ0v) is 25.8. The fourth-order valence-corrected chi connectivity index (χ4v) is 8.68. The average Bonchev–Trinajstić information content (AvgIpc) is 3.47. The van der Waals surface area contributed by atoms with Crippen LogP contribution in [0.15, 0.2) is 174 Å². The largest absolute Gasteiger partial charge is 0.309 e. The van der Waals surface area contributed by atoms with Crippen molar-refractivity contribution in [1.82, 2.24) is 4.57 Å². The standard InChI is InChI=1S/C44H27NS/c1-2-17-35-28(10-1)22-24-40-44(35)37-18-5-6-20-39(37)45(40)32-14-7-13-30(26-32)33-15-3-4-16-34(33)31-23-25-41-38(27-31)36-19-8-11-29-12-9-21-42(46-41)43(29)36/h1-27H. The van der Waals surface area contributed by atoms with E-state index in [1.807, 2.05) is 11.8 Å². The fourth-order valence-electron chi connectivity index (χ4n) is 7.55. The molecular formula is C44H27NS. The molecule has 0 atom stereocenters. The highest BCUT2D eigenvalue weighted by molar-refractivity contribution is 7.99. The molecule has 9 aromatic rings. The van der Waals surface area contributed by atoms with Gasteiger partial charge in [-0.2, -0.15) is 0 Å². The first-order chi connectivity index (χ1) is 22.8. The Morgan fingerprint density at radius 1 is 0.370 bits per heavy atom. The van der Waals surface area contributed by atoms with E-state index < -0.39 is 0 Å². The molecule has 0 amide bonds. The SMILES string of the molecule is c1cc(-c2ccccc2-c2ccc3c(c2)-c2cccc4cccc(c24)S3)cc(-n2c3ccccc3c3c4ccccc4ccc32)c1. The van der Waals surface area contributed by atoms with E-state index in [2.05, 4.69) is 168 Å². The van der Waals surface area contributed by atoms with Crippen LogP contribution in [0.25, 0.3) is 82.4 Å². The van der Waals surface area contributed by atoms with Crippen molar-refractivity contribution in [3.63, 3.8) is 0 Å². The number of rotatable bonds is 3. The lowest BCUT2D eigenvalue weighted by molar-refractivity contribution is 1.18. The van der Waals surface area contributed by atoms with Crippen LogP contribution in [0.5, 0.6) is 0 Å². The Balaban J connectivity index is 1.15. The van der Waals surface area contributed by atoms with Gasteiger partial charge in [0.25, 0.3) is 0 Å². The van der Waals surface area contributed by atoms with Gasteiger partial charge in [-0.3, -0.25) is 0 Å². The van der Waals surface area contributed by atoms with Gasteiger partial charge in [-0.25, -0.2) is 0 Å². The van der Waals surface area contributed by atoms with E-state index >= 15 is 0 Å². The van der Waals surface area contributed by atoms with Gasteiger partial charge in [-0.15, -0.1) is 0 Å². The molecule has 0 fully saturated rings. The molecule has 1 aliphatic rings. The van der Waals surface area contributed by atoms with E-state index in [1.165, 1.54) is 92.2 Å². The van der Waals surface area contributed by atoms with Gasteiger partial charge in [-0.1, -0.05) is 133 Å². The summed E-state index contributed by atoms with van der Waals surface area (Å²) < 4.78 is 2.43. The number of benzene rings is 8. The summed E-state index contributed by atoms with van der Waals surface area (Å²) in [5, 5.41) is 7.81. The smallest absolute Gasteiger partial charge is 0.0547 e. The van der Waals surface area contributed by atoms with E-state index in [0.717, 1.165) is 0 Å². The summed E-state index contributed by atoms with van der Waals surface area (Å²) >= 11 is 1.88. The van der Waals surface area contributed by atoms with Gasteiger partial charge in [0.2, 0.25) is 0 Å². The summed E-state index contributed by atoms with van der Waals surface area (Å²) in [5.41, 5.74) is 11.2. The molecule has 0 saturated carbocycles. The highest BCUT2D eigenvalue weighted by Crippen LogP contribution is 2.49. The van der Waals surface area contributed by atoms with Crippen molar-refractivity contribution in [2.24, 2.45) is 0 Å². The third-order valence-corrected chi connectivity index (χ3v) is 10.7. The molecule has 214 valence electrons. The minimum atomic E-state index is 1.17. The quantitative estimate of drug-likeness (QED) is 0.195. The summed E-state index contributed by atoms with van der Waals surface area (Å²) in [6, 6.07) is 60.2. The molecule has 0 unspecified atom stereocenters. The summed E-state index contributed by atoms with van der Waals surface area (Å²) in [5.74, 6) is 0. The van der Waals surface area contributed by atoms with Crippen LogP contribution in [0.4, 0.5) is 0 Å². The molecule has 0 N–H and O–H groups in total. The summed E-state index contributed by atoms with van der Waals surface area (Å²) in [4.78, 5) is 2.65. The second kappa shape index (κ2) is 9.97. The zero-order valence-electron chi connectivity index (χ0n) is 24.9. The van der Waals surface area contributed by atoms with Crippen LogP contribution in [-0.2, 0) is 0 Å². The van der Waals surface area contributed by atoms with Crippen molar-refractivity contribution in [3.05, 3.63) is 164 Å². The second-order valence-corrected chi connectivity index (χ2v) is 13.2. The molecule has 8 aromatic carbocycles. The zero-order chi connectivity index (χ0) is 30.2. The van der Waals surface area contributed by atoms with Gasteiger partial charge in [0.05, 0.1) is 11.0 Å². The van der Waals surface area contributed by atoms with Gasteiger partial charge in [0.1, 0.15) is 0 Å². The van der Waals surface area contributed by atoms with Crippen LogP contribution in [-0.4, -0.2) is 4.57 Å². The molecule has 1 nitrogen and oxygen atoms in total. The van der Waals surface area contributed by atoms with Crippen molar-refractivity contribution < 1.29 is 0 Å². The average molecular weight is 602 g/mol. The number of hydrogen-bond donors (Lipinski definition) is 0. The monoisotopic (exact) mass is 601 g/mol. The van der Waals surface area contributed by atoms with E-state index in [1.54, 1.807) is 0 Å². The highest BCUT2D eigenvalue weighted by atomic mass is 32.2. The van der Waals surface area contributed by atoms with Gasteiger partial charge in [0, 0.05) is 31.6 Å². The third kappa shape index (κ3) is 3.77. The van der Waals surface area contributed by atoms with Gasteiger partial charge in [-0.05, 0) is 92.0 Å². The molecular weight excluding hydrogens is 575 g/mol. The van der Waals surface area contributed by atoms with Crippen LogP contribution in [0.2, 0.25) is 0 Å². The molecule has 46 heavy (non-hydrogen) atoms. The number of nitrogens with zero attached hydrogens (tertiary/aromatic N) is 1. The van der Waals surface area contributed by atoms with Gasteiger partial charge in [0.15, 0.2) is 0 Å². The van der Waals surface area contributed by atoms with Crippen LogP contribution < -0.4 is 0 Å². The van der Waals surface area contributed by atoms with Crippen molar-refractivity contribution in [2.45, 2.75) is 9.79 Å². The van der Waals surface area contributed by atoms with Crippen molar-refractivity contribution in [2.75, 3.05) is 0 Å². The molecule has 10 rings (SSSR count). The number of aromatic nitrogens is 1. The lowest BCUT2D eigenvalue weighted by Gasteiger charge is -2.21. The first kappa shape index (κ1) is 25.7. The maximum Gasteiger partial charge on any atom is 0.0547 e. The Morgan fingerprint density at radius 3 is 1.96 bits per heavy atom. The van der Waals surface area contributed by atoms with E-state index in [0.29, 0.717) is 0 Å². The summed E-state index contributed by atoms with van der Waals surface area (Å²) in [6.45, 7) is 0. The molecule has 0 spiro atoms. The highest BCUT2D eigenvalue weighted by Gasteiger charge is 2.20. The maximum atomic E-state index is 2.43. The Morgan fingerprint density at radius 2 is 1.07 bits per heavy atom. The fraction of sp³-hybridized carbons (Fsp3) is 0. The summed E-state index contributed by atoms with van der Waals surface area (Å²) in [6.07, 6.45) is 0. The molecule has 0 saturated heterocycles. The first-order valence-corrected chi connectivity index (χ1v) is 16.6. The maximum absolute atomic E-state index is 2.43. The second-order valence-electron chi connectivity index (χ2n) is 12.1. The van der Waals surface area contributed by atoms with Crippen molar-refractivity contribution >= 4 is 55.1 Å². The van der Waals surface area contributed by atoms with E-state index in [9.17, 15) is 0 Å². The van der Waals surface area contributed by atoms with E-state index in [-0.39, 0.29) is 0 Å². The van der Waals surface area contributed by atoms with E-state index in [4.69, 9.17) is 0 Å². The Bertz CT molecular complexity index is 2670. The Labute approximate surface area is 271 Å². The predicted octanol–water partition coefficient (Wildman–Crippen LogP) is 12.6. The predicted molar refractivity (Wildman–Crippen MR) is 196 cm³/mol. The number of para-hydroxylation sites is 1. The minimum Gasteiger partial charge on any atom is -0.309 e. The number of hydrogen-bond acceptors (Lipinski definition) is 1. The molecule has 1 aromatic heterocycles. The topological polar surface area (TPSA) is 4.93 Å². The lowest BCUT2D eigenvalue weighted by Crippen LogP contribution is -1.95. The molecule has 0 aliphatic carbocycles. The van der Waals surface area contributed by atoms with Gasteiger partial charge >= 0.3 is 0 Å². The molecule has 1 aliphatic heterocycles. The first-order valence-electron chi connectivity index (χ1n) is 15.8. The normalized spacial score (nSPS) is 12.3. The third-order valence-electron chi connectivity index (χ3n) is 9.57.